The Labute approximate surface area is 182 Å². The standard InChI is InChI=1S/C24H21F3N4O/c1-4-16-7-5-6-8-18(16)29-23(32)20-13-22-28-19(17-10-9-14(2)15(3)11-17)12-21(24(25,26)27)31(22)30-20/h5-13H,4H2,1-3H3,(H,29,32). The number of rotatable bonds is 4. The quantitative estimate of drug-likeness (QED) is 0.435. The van der Waals surface area contributed by atoms with Gasteiger partial charge in [-0.1, -0.05) is 37.3 Å². The highest BCUT2D eigenvalue weighted by Gasteiger charge is 2.35. The highest BCUT2D eigenvalue weighted by Crippen LogP contribution is 2.33. The smallest absolute Gasteiger partial charge is 0.320 e. The summed E-state index contributed by atoms with van der Waals surface area (Å²) in [6.45, 7) is 5.76. The minimum Gasteiger partial charge on any atom is -0.320 e. The molecule has 0 saturated heterocycles. The van der Waals surface area contributed by atoms with Crippen LogP contribution in [0.15, 0.2) is 54.6 Å². The molecule has 0 aliphatic carbocycles. The third-order valence-corrected chi connectivity index (χ3v) is 5.40. The number of carbonyl (C=O) groups excluding carboxylic acids is 1. The average molecular weight is 438 g/mol. The van der Waals surface area contributed by atoms with E-state index in [1.54, 1.807) is 24.3 Å². The van der Waals surface area contributed by atoms with E-state index >= 15 is 0 Å². The Hall–Kier alpha value is -3.68. The molecule has 0 bridgehead atoms. The summed E-state index contributed by atoms with van der Waals surface area (Å²) in [5.74, 6) is -0.600. The molecule has 8 heteroatoms. The Morgan fingerprint density at radius 3 is 2.47 bits per heavy atom. The van der Waals surface area contributed by atoms with Crippen molar-refractivity contribution in [2.75, 3.05) is 5.32 Å². The summed E-state index contributed by atoms with van der Waals surface area (Å²) in [5, 5.41) is 6.65. The molecule has 2 heterocycles. The summed E-state index contributed by atoms with van der Waals surface area (Å²) in [5.41, 5.74) is 3.01. The van der Waals surface area contributed by atoms with Gasteiger partial charge in [-0.05, 0) is 55.2 Å². The van der Waals surface area contributed by atoms with Crippen LogP contribution in [-0.2, 0) is 12.6 Å². The second-order valence-electron chi connectivity index (χ2n) is 7.59. The number of nitrogens with zero attached hydrogens (tertiary/aromatic N) is 3. The molecule has 4 rings (SSSR count). The maximum Gasteiger partial charge on any atom is 0.433 e. The fourth-order valence-corrected chi connectivity index (χ4v) is 3.47. The first-order valence-electron chi connectivity index (χ1n) is 10.1. The number of anilines is 1. The van der Waals surface area contributed by atoms with Gasteiger partial charge in [-0.25, -0.2) is 9.50 Å². The van der Waals surface area contributed by atoms with E-state index in [1.807, 2.05) is 39.0 Å². The topological polar surface area (TPSA) is 59.3 Å². The van der Waals surface area contributed by atoms with Crippen molar-refractivity contribution in [3.63, 3.8) is 0 Å². The number of aromatic nitrogens is 3. The van der Waals surface area contributed by atoms with Gasteiger partial charge in [0.05, 0.1) is 5.69 Å². The third-order valence-electron chi connectivity index (χ3n) is 5.40. The van der Waals surface area contributed by atoms with E-state index in [1.165, 1.54) is 6.07 Å². The first-order valence-corrected chi connectivity index (χ1v) is 10.1. The molecule has 0 aliphatic heterocycles. The largest absolute Gasteiger partial charge is 0.433 e. The van der Waals surface area contributed by atoms with Crippen molar-refractivity contribution in [3.05, 3.63) is 82.7 Å². The zero-order valence-corrected chi connectivity index (χ0v) is 17.8. The van der Waals surface area contributed by atoms with Gasteiger partial charge in [0.15, 0.2) is 17.0 Å². The van der Waals surface area contributed by atoms with Gasteiger partial charge in [-0.15, -0.1) is 0 Å². The number of hydrogen-bond acceptors (Lipinski definition) is 3. The number of para-hydroxylation sites is 1. The summed E-state index contributed by atoms with van der Waals surface area (Å²) in [4.78, 5) is 17.1. The van der Waals surface area contributed by atoms with E-state index in [0.29, 0.717) is 22.2 Å². The molecule has 0 fully saturated rings. The molecule has 0 radical (unpaired) electrons. The number of carbonyl (C=O) groups is 1. The maximum absolute atomic E-state index is 13.8. The molecular weight excluding hydrogens is 417 g/mol. The Morgan fingerprint density at radius 1 is 1.03 bits per heavy atom. The van der Waals surface area contributed by atoms with Crippen molar-refractivity contribution >= 4 is 17.2 Å². The number of hydrogen-bond donors (Lipinski definition) is 1. The lowest BCUT2D eigenvalue weighted by atomic mass is 10.0. The van der Waals surface area contributed by atoms with Crippen molar-refractivity contribution in [1.29, 1.82) is 0 Å². The van der Waals surface area contributed by atoms with Crippen LogP contribution in [0.2, 0.25) is 0 Å². The van der Waals surface area contributed by atoms with Crippen LogP contribution in [0, 0.1) is 13.8 Å². The third kappa shape index (κ3) is 4.08. The number of halogens is 3. The molecule has 32 heavy (non-hydrogen) atoms. The summed E-state index contributed by atoms with van der Waals surface area (Å²) in [6, 6.07) is 14.8. The van der Waals surface area contributed by atoms with Crippen LogP contribution < -0.4 is 5.32 Å². The first kappa shape index (κ1) is 21.5. The molecular formula is C24H21F3N4O. The number of aryl methyl sites for hydroxylation is 3. The van der Waals surface area contributed by atoms with E-state index in [-0.39, 0.29) is 17.0 Å². The van der Waals surface area contributed by atoms with Gasteiger partial charge in [-0.3, -0.25) is 4.79 Å². The molecule has 2 aromatic heterocycles. The van der Waals surface area contributed by atoms with Crippen molar-refractivity contribution in [1.82, 2.24) is 14.6 Å². The number of nitrogens with one attached hydrogen (secondary N) is 1. The zero-order valence-electron chi connectivity index (χ0n) is 17.8. The average Bonchev–Trinajstić information content (AvgIpc) is 3.19. The molecule has 1 N–H and O–H groups in total. The molecule has 0 saturated carbocycles. The summed E-state index contributed by atoms with van der Waals surface area (Å²) in [6.07, 6.45) is -3.98. The van der Waals surface area contributed by atoms with Crippen LogP contribution in [0.25, 0.3) is 16.9 Å². The molecule has 5 nitrogen and oxygen atoms in total. The second kappa shape index (κ2) is 8.11. The summed E-state index contributed by atoms with van der Waals surface area (Å²) in [7, 11) is 0. The number of fused-ring (bicyclic) bond motifs is 1. The summed E-state index contributed by atoms with van der Waals surface area (Å²) < 4.78 is 42.1. The Morgan fingerprint density at radius 2 is 1.78 bits per heavy atom. The molecule has 0 atom stereocenters. The van der Waals surface area contributed by atoms with E-state index in [0.717, 1.165) is 22.8 Å². The lowest BCUT2D eigenvalue weighted by Gasteiger charge is -2.11. The molecule has 1 amide bonds. The Kier molecular flexibility index (Phi) is 5.46. The normalized spacial score (nSPS) is 11.7. The van der Waals surface area contributed by atoms with Gasteiger partial charge in [0.2, 0.25) is 0 Å². The van der Waals surface area contributed by atoms with Gasteiger partial charge in [-0.2, -0.15) is 18.3 Å². The number of benzene rings is 2. The van der Waals surface area contributed by atoms with Crippen LogP contribution in [0.4, 0.5) is 18.9 Å². The van der Waals surface area contributed by atoms with Crippen LogP contribution >= 0.6 is 0 Å². The monoisotopic (exact) mass is 438 g/mol. The zero-order chi connectivity index (χ0) is 23.0. The van der Waals surface area contributed by atoms with Crippen LogP contribution in [0.3, 0.4) is 0 Å². The first-order chi connectivity index (χ1) is 15.2. The van der Waals surface area contributed by atoms with Crippen molar-refractivity contribution in [2.45, 2.75) is 33.4 Å². The van der Waals surface area contributed by atoms with Gasteiger partial charge >= 0.3 is 6.18 Å². The van der Waals surface area contributed by atoms with Crippen LogP contribution in [-0.4, -0.2) is 20.5 Å². The Balaban J connectivity index is 1.80. The predicted octanol–water partition coefficient (Wildman–Crippen LogP) is 5.85. The van der Waals surface area contributed by atoms with E-state index in [9.17, 15) is 18.0 Å². The Bertz CT molecular complexity index is 1320. The molecule has 2 aromatic carbocycles. The maximum atomic E-state index is 13.8. The fraction of sp³-hybridized carbons (Fsp3) is 0.208. The highest BCUT2D eigenvalue weighted by molar-refractivity contribution is 6.04. The molecule has 4 aromatic rings. The van der Waals surface area contributed by atoms with Gasteiger partial charge in [0.1, 0.15) is 0 Å². The van der Waals surface area contributed by atoms with Gasteiger partial charge in [0.25, 0.3) is 5.91 Å². The lowest BCUT2D eigenvalue weighted by molar-refractivity contribution is -0.142. The van der Waals surface area contributed by atoms with Crippen LogP contribution in [0.1, 0.15) is 39.8 Å². The van der Waals surface area contributed by atoms with E-state index < -0.39 is 17.8 Å². The SMILES string of the molecule is CCc1ccccc1NC(=O)c1cc2nc(-c3ccc(C)c(C)c3)cc(C(F)(F)F)n2n1. The number of amides is 1. The highest BCUT2D eigenvalue weighted by atomic mass is 19.4. The van der Waals surface area contributed by atoms with Crippen LogP contribution in [0.5, 0.6) is 0 Å². The molecule has 164 valence electrons. The minimum absolute atomic E-state index is 0.0537. The summed E-state index contributed by atoms with van der Waals surface area (Å²) >= 11 is 0. The van der Waals surface area contributed by atoms with E-state index in [2.05, 4.69) is 15.4 Å². The number of alkyl halides is 3. The fourth-order valence-electron chi connectivity index (χ4n) is 3.47. The van der Waals surface area contributed by atoms with Crippen molar-refractivity contribution < 1.29 is 18.0 Å². The lowest BCUT2D eigenvalue weighted by Crippen LogP contribution is -2.16. The van der Waals surface area contributed by atoms with Crippen molar-refractivity contribution in [2.24, 2.45) is 0 Å². The van der Waals surface area contributed by atoms with Crippen molar-refractivity contribution in [3.8, 4) is 11.3 Å². The van der Waals surface area contributed by atoms with E-state index in [4.69, 9.17) is 0 Å². The molecule has 0 aliphatic rings. The minimum atomic E-state index is -4.68. The predicted molar refractivity (Wildman–Crippen MR) is 117 cm³/mol. The van der Waals surface area contributed by atoms with Gasteiger partial charge < -0.3 is 5.32 Å². The molecule has 0 unspecified atom stereocenters. The second-order valence-corrected chi connectivity index (χ2v) is 7.59. The van der Waals surface area contributed by atoms with Gasteiger partial charge in [0, 0.05) is 17.3 Å². The molecule has 0 spiro atoms.